The number of ether oxygens (including phenoxy) is 6. The van der Waals surface area contributed by atoms with Gasteiger partial charge in [-0.15, -0.1) is 0 Å². The maximum Gasteiger partial charge on any atom is 0.416 e. The topological polar surface area (TPSA) is 89.5 Å². The Morgan fingerprint density at radius 2 is 0.690 bits per heavy atom. The molecule has 0 saturated carbocycles. The van der Waals surface area contributed by atoms with E-state index in [-0.39, 0.29) is 12.8 Å². The maximum atomic E-state index is 12.8. The molecule has 0 amide bonds. The predicted molar refractivity (Wildman–Crippen MR) is 156 cm³/mol. The molecular weight excluding hydrogens is 536 g/mol. The molecule has 0 radical (unpaired) electrons. The van der Waals surface area contributed by atoms with Crippen molar-refractivity contribution in [3.63, 3.8) is 0 Å². The number of rotatable bonds is 15. The zero-order valence-electron chi connectivity index (χ0n) is 23.6. The Bertz CT molecular complexity index is 1190. The van der Waals surface area contributed by atoms with E-state index < -0.39 is 23.9 Å². The van der Waals surface area contributed by atoms with Gasteiger partial charge >= 0.3 is 23.9 Å². The number of benzene rings is 4. The molecule has 4 aromatic carbocycles. The Morgan fingerprint density at radius 1 is 0.452 bits per heavy atom. The molecule has 0 atom stereocenters. The lowest BCUT2D eigenvalue weighted by Crippen LogP contribution is -2.44. The molecule has 0 fully saturated rings. The summed E-state index contributed by atoms with van der Waals surface area (Å²) in [4.78, 5) is 25.6. The second-order valence-electron chi connectivity index (χ2n) is 9.54. The molecule has 8 nitrogen and oxygen atoms in total. The van der Waals surface area contributed by atoms with E-state index in [0.717, 1.165) is 0 Å². The van der Waals surface area contributed by atoms with Crippen LogP contribution in [0, 0.1) is 0 Å². The highest BCUT2D eigenvalue weighted by Crippen LogP contribution is 2.26. The summed E-state index contributed by atoms with van der Waals surface area (Å²) >= 11 is 0. The standard InChI is InChI=1S/C34H34O8/c1-33(37-27-17-7-3-8-18-27,38-28-19-9-4-10-20-28)41-31(35)25-15-16-26-32(36)42-34(2,39-29-21-11-5-12-22-29)40-30-23-13-6-14-24-30/h3-14,17-24H,15-16,25-26H2,1-2H3. The summed E-state index contributed by atoms with van der Waals surface area (Å²) in [5.74, 6) is -2.58. The summed E-state index contributed by atoms with van der Waals surface area (Å²) < 4.78 is 34.9. The quantitative estimate of drug-likeness (QED) is 0.0836. The van der Waals surface area contributed by atoms with Crippen molar-refractivity contribution < 1.29 is 38.0 Å². The smallest absolute Gasteiger partial charge is 0.416 e. The molecule has 0 bridgehead atoms. The average molecular weight is 571 g/mol. The highest BCUT2D eigenvalue weighted by Gasteiger charge is 2.36. The van der Waals surface area contributed by atoms with Gasteiger partial charge in [0.2, 0.25) is 0 Å². The van der Waals surface area contributed by atoms with Gasteiger partial charge in [0.15, 0.2) is 0 Å². The van der Waals surface area contributed by atoms with Crippen molar-refractivity contribution in [3.05, 3.63) is 121 Å². The summed E-state index contributed by atoms with van der Waals surface area (Å²) in [6, 6.07) is 35.8. The molecule has 0 spiro atoms. The molecule has 42 heavy (non-hydrogen) atoms. The van der Waals surface area contributed by atoms with Gasteiger partial charge in [-0.25, -0.2) is 0 Å². The largest absolute Gasteiger partial charge is 0.421 e. The van der Waals surface area contributed by atoms with E-state index >= 15 is 0 Å². The Hall–Kier alpha value is -4.98. The average Bonchev–Trinajstić information content (AvgIpc) is 2.97. The van der Waals surface area contributed by atoms with Gasteiger partial charge in [0, 0.05) is 12.8 Å². The summed E-state index contributed by atoms with van der Waals surface area (Å²) in [5, 5.41) is 0. The summed E-state index contributed by atoms with van der Waals surface area (Å²) in [5.41, 5.74) is 0. The van der Waals surface area contributed by atoms with Gasteiger partial charge in [-0.3, -0.25) is 9.59 Å². The number of hydrogen-bond acceptors (Lipinski definition) is 8. The second-order valence-corrected chi connectivity index (χ2v) is 9.54. The van der Waals surface area contributed by atoms with Crippen molar-refractivity contribution in [1.29, 1.82) is 0 Å². The first kappa shape index (κ1) is 30.0. The fourth-order valence-electron chi connectivity index (χ4n) is 3.99. The lowest BCUT2D eigenvalue weighted by atomic mass is 10.2. The highest BCUT2D eigenvalue weighted by atomic mass is 16.9. The van der Waals surface area contributed by atoms with Crippen molar-refractivity contribution in [3.8, 4) is 23.0 Å². The van der Waals surface area contributed by atoms with Crippen LogP contribution in [0.2, 0.25) is 0 Å². The Labute approximate surface area is 245 Å². The van der Waals surface area contributed by atoms with E-state index in [1.165, 1.54) is 13.8 Å². The Kier molecular flexibility index (Phi) is 10.4. The molecule has 4 rings (SSSR count). The van der Waals surface area contributed by atoms with Crippen molar-refractivity contribution in [1.82, 2.24) is 0 Å². The molecule has 0 saturated heterocycles. The van der Waals surface area contributed by atoms with Crippen molar-refractivity contribution in [2.45, 2.75) is 51.5 Å². The van der Waals surface area contributed by atoms with Crippen molar-refractivity contribution in [2.24, 2.45) is 0 Å². The number of carbonyl (C=O) groups is 2. The van der Waals surface area contributed by atoms with Crippen LogP contribution < -0.4 is 18.9 Å². The molecule has 218 valence electrons. The van der Waals surface area contributed by atoms with E-state index in [0.29, 0.717) is 35.8 Å². The van der Waals surface area contributed by atoms with E-state index in [9.17, 15) is 9.59 Å². The first-order valence-corrected chi connectivity index (χ1v) is 13.7. The molecule has 0 unspecified atom stereocenters. The van der Waals surface area contributed by atoms with Crippen LogP contribution in [-0.2, 0) is 19.1 Å². The van der Waals surface area contributed by atoms with Crippen LogP contribution in [0.15, 0.2) is 121 Å². The summed E-state index contributed by atoms with van der Waals surface area (Å²) in [6.07, 6.45) is 0.821. The number of para-hydroxylation sites is 4. The predicted octanol–water partition coefficient (Wildman–Crippen LogP) is 7.30. The number of hydrogen-bond donors (Lipinski definition) is 0. The Balaban J connectivity index is 1.30. The van der Waals surface area contributed by atoms with Gasteiger partial charge in [0.1, 0.15) is 23.0 Å². The molecule has 0 aliphatic carbocycles. The first-order valence-electron chi connectivity index (χ1n) is 13.7. The Morgan fingerprint density at radius 3 is 0.929 bits per heavy atom. The van der Waals surface area contributed by atoms with Crippen LogP contribution >= 0.6 is 0 Å². The van der Waals surface area contributed by atoms with Gasteiger partial charge in [-0.05, 0) is 61.4 Å². The second kappa shape index (κ2) is 14.6. The molecule has 4 aromatic rings. The fraction of sp³-hybridized carbons (Fsp3) is 0.235. The van der Waals surface area contributed by atoms with Crippen LogP contribution in [0.4, 0.5) is 0 Å². The van der Waals surface area contributed by atoms with Crippen molar-refractivity contribution >= 4 is 11.9 Å². The van der Waals surface area contributed by atoms with Crippen LogP contribution in [0.3, 0.4) is 0 Å². The SMILES string of the molecule is CC(OC(=O)CCCCC(=O)OC(C)(Oc1ccccc1)Oc1ccccc1)(Oc1ccccc1)Oc1ccccc1. The van der Waals surface area contributed by atoms with E-state index in [2.05, 4.69) is 0 Å². The van der Waals surface area contributed by atoms with Gasteiger partial charge in [-0.2, -0.15) is 0 Å². The lowest BCUT2D eigenvalue weighted by Gasteiger charge is -2.30. The van der Waals surface area contributed by atoms with Gasteiger partial charge in [-0.1, -0.05) is 72.8 Å². The minimum Gasteiger partial charge on any atom is -0.421 e. The molecule has 0 aliphatic heterocycles. The van der Waals surface area contributed by atoms with Crippen LogP contribution in [-0.4, -0.2) is 23.9 Å². The highest BCUT2D eigenvalue weighted by molar-refractivity contribution is 5.71. The number of unbranched alkanes of at least 4 members (excludes halogenated alkanes) is 1. The summed E-state index contributed by atoms with van der Waals surface area (Å²) in [7, 11) is 0. The lowest BCUT2D eigenvalue weighted by molar-refractivity contribution is -0.276. The number of carbonyl (C=O) groups excluding carboxylic acids is 2. The minimum atomic E-state index is -1.70. The third kappa shape index (κ3) is 9.89. The summed E-state index contributed by atoms with van der Waals surface area (Å²) in [6.45, 7) is 3.06. The van der Waals surface area contributed by atoms with E-state index in [4.69, 9.17) is 28.4 Å². The zero-order chi connectivity index (χ0) is 29.7. The van der Waals surface area contributed by atoms with Gasteiger partial charge in [0.25, 0.3) is 0 Å². The minimum absolute atomic E-state index is 0.0392. The molecule has 0 aliphatic rings. The van der Waals surface area contributed by atoms with Crippen LogP contribution in [0.5, 0.6) is 23.0 Å². The zero-order valence-corrected chi connectivity index (χ0v) is 23.6. The normalized spacial score (nSPS) is 11.2. The maximum absolute atomic E-state index is 12.8. The molecule has 8 heteroatoms. The van der Waals surface area contributed by atoms with Gasteiger partial charge in [0.05, 0.1) is 13.8 Å². The van der Waals surface area contributed by atoms with E-state index in [1.807, 2.05) is 24.3 Å². The number of esters is 2. The fourth-order valence-corrected chi connectivity index (χ4v) is 3.99. The molecular formula is C34H34O8. The molecule has 0 aromatic heterocycles. The molecule has 0 N–H and O–H groups in total. The van der Waals surface area contributed by atoms with E-state index in [1.54, 1.807) is 97.1 Å². The van der Waals surface area contributed by atoms with Crippen LogP contribution in [0.1, 0.15) is 39.5 Å². The third-order valence-electron chi connectivity index (χ3n) is 5.80. The van der Waals surface area contributed by atoms with Crippen LogP contribution in [0.25, 0.3) is 0 Å². The third-order valence-corrected chi connectivity index (χ3v) is 5.80. The molecule has 0 heterocycles. The van der Waals surface area contributed by atoms with Gasteiger partial charge < -0.3 is 28.4 Å². The first-order chi connectivity index (χ1) is 20.3. The van der Waals surface area contributed by atoms with Crippen molar-refractivity contribution in [2.75, 3.05) is 0 Å². The monoisotopic (exact) mass is 570 g/mol.